The second-order valence-corrected chi connectivity index (χ2v) is 7.00. The largest absolute Gasteiger partial charge is 0.339 e. The van der Waals surface area contributed by atoms with Crippen LogP contribution in [0.15, 0.2) is 34.4 Å². The van der Waals surface area contributed by atoms with E-state index in [1.54, 1.807) is 23.8 Å². The predicted octanol–water partition coefficient (Wildman–Crippen LogP) is 2.22. The van der Waals surface area contributed by atoms with E-state index in [1.165, 1.54) is 11.3 Å². The molecule has 8 nitrogen and oxygen atoms in total. The highest BCUT2D eigenvalue weighted by Gasteiger charge is 2.26. The molecule has 0 fully saturated rings. The first-order valence-electron chi connectivity index (χ1n) is 8.27. The van der Waals surface area contributed by atoms with E-state index in [9.17, 15) is 4.79 Å². The normalized spacial score (nSPS) is 12.3. The van der Waals surface area contributed by atoms with Crippen molar-refractivity contribution in [2.24, 2.45) is 11.7 Å². The van der Waals surface area contributed by atoms with Crippen LogP contribution in [-0.4, -0.2) is 32.6 Å². The lowest BCUT2D eigenvalue weighted by Crippen LogP contribution is -2.32. The summed E-state index contributed by atoms with van der Waals surface area (Å²) in [7, 11) is 0. The molecule has 3 rings (SSSR count). The number of hydrogen-bond acceptors (Lipinski definition) is 8. The van der Waals surface area contributed by atoms with Crippen LogP contribution in [0.5, 0.6) is 0 Å². The molecule has 0 radical (unpaired) electrons. The fourth-order valence-corrected chi connectivity index (χ4v) is 3.15. The molecule has 136 valence electrons. The highest BCUT2D eigenvalue weighted by Crippen LogP contribution is 2.24. The minimum Gasteiger partial charge on any atom is -0.339 e. The van der Waals surface area contributed by atoms with Gasteiger partial charge in [-0.15, -0.1) is 11.3 Å². The first-order valence-corrected chi connectivity index (χ1v) is 9.15. The fourth-order valence-electron chi connectivity index (χ4n) is 2.36. The molecular formula is C17H20N6O2S. The average molecular weight is 372 g/mol. The van der Waals surface area contributed by atoms with Crippen molar-refractivity contribution in [1.82, 2.24) is 25.4 Å². The van der Waals surface area contributed by atoms with Crippen LogP contribution < -0.4 is 11.1 Å². The zero-order chi connectivity index (χ0) is 18.5. The van der Waals surface area contributed by atoms with E-state index in [-0.39, 0.29) is 11.8 Å². The molecule has 1 unspecified atom stereocenters. The van der Waals surface area contributed by atoms with E-state index in [1.807, 2.05) is 19.9 Å². The molecule has 0 saturated carbocycles. The number of nitrogens with one attached hydrogen (secondary N) is 1. The van der Waals surface area contributed by atoms with E-state index < -0.39 is 6.04 Å². The van der Waals surface area contributed by atoms with Crippen LogP contribution in [-0.2, 0) is 6.42 Å². The van der Waals surface area contributed by atoms with Crippen LogP contribution >= 0.6 is 11.3 Å². The molecule has 3 aromatic heterocycles. The summed E-state index contributed by atoms with van der Waals surface area (Å²) in [6.45, 7) is 4.45. The fraction of sp³-hybridized carbons (Fsp3) is 0.353. The van der Waals surface area contributed by atoms with Crippen molar-refractivity contribution in [3.8, 4) is 11.4 Å². The summed E-state index contributed by atoms with van der Waals surface area (Å²) in [6, 6.07) is 3.23. The molecule has 0 aliphatic carbocycles. The average Bonchev–Trinajstić information content (AvgIpc) is 3.30. The van der Waals surface area contributed by atoms with Gasteiger partial charge in [0, 0.05) is 29.8 Å². The summed E-state index contributed by atoms with van der Waals surface area (Å²) in [4.78, 5) is 25.3. The third-order valence-corrected chi connectivity index (χ3v) is 4.63. The van der Waals surface area contributed by atoms with Gasteiger partial charge in [-0.05, 0) is 24.6 Å². The number of aromatic nitrogens is 4. The molecule has 3 N–H and O–H groups in total. The molecule has 0 bridgehead atoms. The Labute approximate surface area is 154 Å². The lowest BCUT2D eigenvalue weighted by atomic mass is 10.0. The second-order valence-electron chi connectivity index (χ2n) is 6.06. The van der Waals surface area contributed by atoms with Crippen LogP contribution in [0.3, 0.4) is 0 Å². The van der Waals surface area contributed by atoms with Crippen LogP contribution in [0.2, 0.25) is 0 Å². The molecule has 1 atom stereocenters. The quantitative estimate of drug-likeness (QED) is 0.652. The Morgan fingerprint density at radius 1 is 1.38 bits per heavy atom. The molecule has 0 saturated heterocycles. The van der Waals surface area contributed by atoms with Gasteiger partial charge in [0.25, 0.3) is 5.91 Å². The Morgan fingerprint density at radius 2 is 2.23 bits per heavy atom. The van der Waals surface area contributed by atoms with Gasteiger partial charge in [-0.25, -0.2) is 4.98 Å². The van der Waals surface area contributed by atoms with Crippen molar-refractivity contribution in [1.29, 1.82) is 0 Å². The number of nitrogens with two attached hydrogens (primary N) is 1. The smallest absolute Gasteiger partial charge is 0.271 e. The molecule has 0 aliphatic heterocycles. The number of amides is 1. The third kappa shape index (κ3) is 4.12. The van der Waals surface area contributed by atoms with Crippen LogP contribution in [0, 0.1) is 5.92 Å². The van der Waals surface area contributed by atoms with E-state index in [4.69, 9.17) is 10.3 Å². The minimum atomic E-state index is -0.417. The summed E-state index contributed by atoms with van der Waals surface area (Å²) < 4.78 is 5.39. The maximum absolute atomic E-state index is 12.5. The Kier molecular flexibility index (Phi) is 5.69. The van der Waals surface area contributed by atoms with Crippen LogP contribution in [0.4, 0.5) is 0 Å². The monoisotopic (exact) mass is 372 g/mol. The number of carbonyl (C=O) groups is 1. The molecule has 1 amide bonds. The summed E-state index contributed by atoms with van der Waals surface area (Å²) in [5, 5.41) is 9.50. The van der Waals surface area contributed by atoms with E-state index >= 15 is 0 Å². The molecular weight excluding hydrogens is 352 g/mol. The topological polar surface area (TPSA) is 120 Å². The zero-order valence-electron chi connectivity index (χ0n) is 14.5. The molecule has 3 aromatic rings. The Morgan fingerprint density at radius 3 is 2.92 bits per heavy atom. The second kappa shape index (κ2) is 8.15. The van der Waals surface area contributed by atoms with Crippen molar-refractivity contribution in [3.05, 3.63) is 46.5 Å². The number of thiazole rings is 1. The minimum absolute atomic E-state index is 0.0586. The molecule has 0 spiro atoms. The number of carbonyl (C=O) groups excluding carboxylic acids is 1. The van der Waals surface area contributed by atoms with Gasteiger partial charge in [0.15, 0.2) is 0 Å². The van der Waals surface area contributed by atoms with Crippen molar-refractivity contribution in [3.63, 3.8) is 0 Å². The number of pyridine rings is 1. The zero-order valence-corrected chi connectivity index (χ0v) is 15.4. The van der Waals surface area contributed by atoms with Crippen molar-refractivity contribution in [2.75, 3.05) is 6.54 Å². The van der Waals surface area contributed by atoms with Crippen molar-refractivity contribution >= 4 is 17.2 Å². The maximum Gasteiger partial charge on any atom is 0.271 e. The van der Waals surface area contributed by atoms with E-state index in [0.717, 1.165) is 10.6 Å². The standard InChI is InChI=1S/C17H20N6O2S/c1-10(2)14(21-16(24)12-9-26-13(20-12)5-6-18)17-22-15(23-25-17)11-4-3-7-19-8-11/h3-4,7-10,14H,5-6,18H2,1-2H3,(H,21,24). The van der Waals surface area contributed by atoms with E-state index in [2.05, 4.69) is 25.4 Å². The summed E-state index contributed by atoms with van der Waals surface area (Å²) in [6.07, 6.45) is 3.99. The molecule has 3 heterocycles. The Balaban J connectivity index is 1.77. The van der Waals surface area contributed by atoms with Crippen LogP contribution in [0.25, 0.3) is 11.4 Å². The molecule has 0 aliphatic rings. The lowest BCUT2D eigenvalue weighted by molar-refractivity contribution is 0.0909. The summed E-state index contributed by atoms with van der Waals surface area (Å²) in [5.41, 5.74) is 6.65. The highest BCUT2D eigenvalue weighted by molar-refractivity contribution is 7.09. The predicted molar refractivity (Wildman–Crippen MR) is 97.4 cm³/mol. The van der Waals surface area contributed by atoms with Crippen molar-refractivity contribution in [2.45, 2.75) is 26.3 Å². The molecule has 9 heteroatoms. The first-order chi connectivity index (χ1) is 12.6. The van der Waals surface area contributed by atoms with Gasteiger partial charge < -0.3 is 15.6 Å². The molecule has 0 aromatic carbocycles. The Bertz CT molecular complexity index is 861. The van der Waals surface area contributed by atoms with Gasteiger partial charge in [0.05, 0.1) is 5.01 Å². The highest BCUT2D eigenvalue weighted by atomic mass is 32.1. The lowest BCUT2D eigenvalue weighted by Gasteiger charge is -2.17. The van der Waals surface area contributed by atoms with E-state index in [0.29, 0.717) is 30.4 Å². The maximum atomic E-state index is 12.5. The van der Waals surface area contributed by atoms with Gasteiger partial charge in [-0.2, -0.15) is 4.98 Å². The van der Waals surface area contributed by atoms with Gasteiger partial charge in [0.2, 0.25) is 11.7 Å². The first kappa shape index (κ1) is 18.2. The number of nitrogens with zero attached hydrogens (tertiary/aromatic N) is 4. The van der Waals surface area contributed by atoms with Crippen LogP contribution in [0.1, 0.15) is 41.3 Å². The molecule has 26 heavy (non-hydrogen) atoms. The Hall–Kier alpha value is -2.65. The van der Waals surface area contributed by atoms with Gasteiger partial charge >= 0.3 is 0 Å². The van der Waals surface area contributed by atoms with Gasteiger partial charge in [0.1, 0.15) is 11.7 Å². The summed E-state index contributed by atoms with van der Waals surface area (Å²) in [5.74, 6) is 0.573. The number of rotatable bonds is 7. The SMILES string of the molecule is CC(C)C(NC(=O)c1csc(CCN)n1)c1nc(-c2cccnc2)no1. The third-order valence-electron chi connectivity index (χ3n) is 3.72. The van der Waals surface area contributed by atoms with Crippen molar-refractivity contribution < 1.29 is 9.32 Å². The number of hydrogen-bond donors (Lipinski definition) is 2. The van der Waals surface area contributed by atoms with Gasteiger partial charge in [-0.1, -0.05) is 19.0 Å². The summed E-state index contributed by atoms with van der Waals surface area (Å²) >= 11 is 1.42. The van der Waals surface area contributed by atoms with Gasteiger partial charge in [-0.3, -0.25) is 9.78 Å².